The standard InChI is InChI=1S/C13H31NO5SSi/c1-5-6-7-8-9-10-12-20(15,16)14-11-13-21(17-2,18-3)19-4/h14H,5-13H2,1-4H3. The van der Waals surface area contributed by atoms with Crippen molar-refractivity contribution in [3.63, 3.8) is 0 Å². The molecule has 0 radical (unpaired) electrons. The summed E-state index contributed by atoms with van der Waals surface area (Å²) in [5, 5.41) is 0. The first kappa shape index (κ1) is 21.0. The van der Waals surface area contributed by atoms with Crippen LogP contribution in [0.25, 0.3) is 0 Å². The Hall–Kier alpha value is 0.00688. The van der Waals surface area contributed by atoms with Crippen LogP contribution >= 0.6 is 0 Å². The molecular weight excluding hydrogens is 310 g/mol. The van der Waals surface area contributed by atoms with E-state index in [9.17, 15) is 8.42 Å². The van der Waals surface area contributed by atoms with Crippen molar-refractivity contribution in [1.82, 2.24) is 4.72 Å². The van der Waals surface area contributed by atoms with Crippen molar-refractivity contribution in [2.24, 2.45) is 0 Å². The minimum Gasteiger partial charge on any atom is -0.377 e. The van der Waals surface area contributed by atoms with E-state index in [0.29, 0.717) is 12.5 Å². The molecule has 0 aromatic carbocycles. The summed E-state index contributed by atoms with van der Waals surface area (Å²) >= 11 is 0. The fourth-order valence-electron chi connectivity index (χ4n) is 2.06. The van der Waals surface area contributed by atoms with E-state index in [-0.39, 0.29) is 12.3 Å². The van der Waals surface area contributed by atoms with Gasteiger partial charge in [-0.2, -0.15) is 0 Å². The smallest absolute Gasteiger partial charge is 0.377 e. The lowest BCUT2D eigenvalue weighted by atomic mass is 10.1. The predicted molar refractivity (Wildman–Crippen MR) is 86.8 cm³/mol. The van der Waals surface area contributed by atoms with Crippen LogP contribution in [0.4, 0.5) is 0 Å². The Bertz CT molecular complexity index is 338. The number of nitrogens with one attached hydrogen (secondary N) is 1. The summed E-state index contributed by atoms with van der Waals surface area (Å²) in [6.45, 7) is 2.44. The summed E-state index contributed by atoms with van der Waals surface area (Å²) in [7, 11) is -1.36. The van der Waals surface area contributed by atoms with E-state index in [2.05, 4.69) is 11.6 Å². The lowest BCUT2D eigenvalue weighted by Gasteiger charge is -2.24. The van der Waals surface area contributed by atoms with Gasteiger partial charge in [0.1, 0.15) is 0 Å². The lowest BCUT2D eigenvalue weighted by molar-refractivity contribution is 0.124. The van der Waals surface area contributed by atoms with Crippen LogP contribution in [-0.4, -0.2) is 50.8 Å². The van der Waals surface area contributed by atoms with Crippen molar-refractivity contribution >= 4 is 18.8 Å². The molecule has 0 aromatic rings. The zero-order valence-corrected chi connectivity index (χ0v) is 15.6. The number of sulfonamides is 1. The van der Waals surface area contributed by atoms with Gasteiger partial charge in [0.25, 0.3) is 0 Å². The van der Waals surface area contributed by atoms with Gasteiger partial charge in [0, 0.05) is 33.9 Å². The molecule has 0 heterocycles. The Morgan fingerprint density at radius 1 is 0.905 bits per heavy atom. The van der Waals surface area contributed by atoms with Gasteiger partial charge in [-0.1, -0.05) is 39.0 Å². The Kier molecular flexibility index (Phi) is 11.6. The van der Waals surface area contributed by atoms with E-state index in [1.54, 1.807) is 0 Å². The van der Waals surface area contributed by atoms with Gasteiger partial charge < -0.3 is 13.3 Å². The minimum absolute atomic E-state index is 0.181. The first-order valence-corrected chi connectivity index (χ1v) is 11.2. The molecule has 8 heteroatoms. The Morgan fingerprint density at radius 2 is 1.43 bits per heavy atom. The number of unbranched alkanes of at least 4 members (excludes halogenated alkanes) is 5. The molecule has 1 N–H and O–H groups in total. The highest BCUT2D eigenvalue weighted by atomic mass is 32.2. The van der Waals surface area contributed by atoms with E-state index < -0.39 is 18.8 Å². The van der Waals surface area contributed by atoms with Crippen molar-refractivity contribution in [2.75, 3.05) is 33.6 Å². The molecule has 0 amide bonds. The van der Waals surface area contributed by atoms with Crippen molar-refractivity contribution in [3.05, 3.63) is 0 Å². The summed E-state index contributed by atoms with van der Waals surface area (Å²) < 4.78 is 42.0. The summed E-state index contributed by atoms with van der Waals surface area (Å²) in [4.78, 5) is 0. The van der Waals surface area contributed by atoms with Gasteiger partial charge in [-0.15, -0.1) is 0 Å². The van der Waals surface area contributed by atoms with Gasteiger partial charge in [0.15, 0.2) is 0 Å². The summed E-state index contributed by atoms with van der Waals surface area (Å²) in [6, 6.07) is 0.423. The van der Waals surface area contributed by atoms with Crippen LogP contribution in [0, 0.1) is 0 Å². The maximum Gasteiger partial charge on any atom is 0.501 e. The van der Waals surface area contributed by atoms with Crippen LogP contribution < -0.4 is 4.72 Å². The van der Waals surface area contributed by atoms with Gasteiger partial charge in [0.2, 0.25) is 10.0 Å². The van der Waals surface area contributed by atoms with Crippen LogP contribution in [0.5, 0.6) is 0 Å². The van der Waals surface area contributed by atoms with Crippen LogP contribution in [0.2, 0.25) is 6.04 Å². The summed E-state index contributed by atoms with van der Waals surface area (Å²) in [5.41, 5.74) is 0. The largest absolute Gasteiger partial charge is 0.501 e. The predicted octanol–water partition coefficient (Wildman–Crippen LogP) is 2.14. The summed E-state index contributed by atoms with van der Waals surface area (Å²) in [5.74, 6) is 0.181. The maximum atomic E-state index is 11.9. The second-order valence-corrected chi connectivity index (χ2v) is 10.0. The van der Waals surface area contributed by atoms with Crippen molar-refractivity contribution < 1.29 is 21.7 Å². The highest BCUT2D eigenvalue weighted by molar-refractivity contribution is 7.89. The third kappa shape index (κ3) is 9.59. The molecule has 0 aliphatic rings. The van der Waals surface area contributed by atoms with Crippen molar-refractivity contribution in [1.29, 1.82) is 0 Å². The first-order chi connectivity index (χ1) is 9.95. The molecule has 0 bridgehead atoms. The van der Waals surface area contributed by atoms with Gasteiger partial charge in [-0.25, -0.2) is 13.1 Å². The van der Waals surface area contributed by atoms with Crippen LogP contribution in [-0.2, 0) is 23.3 Å². The van der Waals surface area contributed by atoms with E-state index in [1.807, 2.05) is 0 Å². The molecule has 21 heavy (non-hydrogen) atoms. The van der Waals surface area contributed by atoms with Crippen LogP contribution in [0.15, 0.2) is 0 Å². The normalized spacial score (nSPS) is 12.8. The monoisotopic (exact) mass is 341 g/mol. The molecule has 0 aliphatic carbocycles. The number of hydrogen-bond acceptors (Lipinski definition) is 5. The molecule has 0 saturated carbocycles. The zero-order valence-electron chi connectivity index (χ0n) is 13.8. The second-order valence-electron chi connectivity index (χ2n) is 5.03. The fourth-order valence-corrected chi connectivity index (χ4v) is 4.93. The van der Waals surface area contributed by atoms with E-state index in [1.165, 1.54) is 40.6 Å². The minimum atomic E-state index is -3.22. The van der Waals surface area contributed by atoms with Gasteiger partial charge in [0.05, 0.1) is 5.75 Å². The molecule has 128 valence electrons. The zero-order chi connectivity index (χ0) is 16.2. The number of rotatable bonds is 14. The quantitative estimate of drug-likeness (QED) is 0.387. The molecule has 0 fully saturated rings. The maximum absolute atomic E-state index is 11.9. The molecule has 0 atom stereocenters. The fraction of sp³-hybridized carbons (Fsp3) is 1.00. The van der Waals surface area contributed by atoms with Crippen LogP contribution in [0.3, 0.4) is 0 Å². The molecule has 6 nitrogen and oxygen atoms in total. The Labute approximate surface area is 131 Å². The molecule has 0 aliphatic heterocycles. The average molecular weight is 342 g/mol. The Balaban J connectivity index is 3.92. The average Bonchev–Trinajstić information content (AvgIpc) is 2.48. The number of hydrogen-bond donors (Lipinski definition) is 1. The molecule has 0 rings (SSSR count). The van der Waals surface area contributed by atoms with Gasteiger partial charge >= 0.3 is 8.80 Å². The SMILES string of the molecule is CCCCCCCCS(=O)(=O)NCC[Si](OC)(OC)OC. The second kappa shape index (κ2) is 11.6. The topological polar surface area (TPSA) is 73.9 Å². The molecule has 0 aromatic heterocycles. The van der Waals surface area contributed by atoms with E-state index >= 15 is 0 Å². The van der Waals surface area contributed by atoms with Gasteiger partial charge in [-0.05, 0) is 6.42 Å². The third-order valence-corrected chi connectivity index (χ3v) is 7.65. The van der Waals surface area contributed by atoms with Crippen molar-refractivity contribution in [2.45, 2.75) is 51.5 Å². The third-order valence-electron chi connectivity index (χ3n) is 3.45. The van der Waals surface area contributed by atoms with Gasteiger partial charge in [-0.3, -0.25) is 0 Å². The highest BCUT2D eigenvalue weighted by Gasteiger charge is 2.37. The van der Waals surface area contributed by atoms with Crippen molar-refractivity contribution in [3.8, 4) is 0 Å². The van der Waals surface area contributed by atoms with E-state index in [4.69, 9.17) is 13.3 Å². The lowest BCUT2D eigenvalue weighted by Crippen LogP contribution is -2.45. The Morgan fingerprint density at radius 3 is 1.95 bits per heavy atom. The first-order valence-electron chi connectivity index (χ1n) is 7.58. The summed E-state index contributed by atoms with van der Waals surface area (Å²) in [6.07, 6.45) is 6.39. The molecular formula is C13H31NO5SSi. The molecule has 0 spiro atoms. The molecule has 0 unspecified atom stereocenters. The highest BCUT2D eigenvalue weighted by Crippen LogP contribution is 2.11. The van der Waals surface area contributed by atoms with E-state index in [0.717, 1.165) is 12.8 Å². The molecule has 0 saturated heterocycles. The van der Waals surface area contributed by atoms with Crippen LogP contribution in [0.1, 0.15) is 45.4 Å².